The van der Waals surface area contributed by atoms with E-state index in [1.54, 1.807) is 12.5 Å². The van der Waals surface area contributed by atoms with Crippen LogP contribution in [0.5, 0.6) is 0 Å². The summed E-state index contributed by atoms with van der Waals surface area (Å²) in [7, 11) is 0. The van der Waals surface area contributed by atoms with Crippen molar-refractivity contribution in [2.24, 2.45) is 0 Å². The van der Waals surface area contributed by atoms with E-state index in [0.717, 1.165) is 11.2 Å². The normalized spacial score (nSPS) is 10.6. The molecule has 0 atom stereocenters. The minimum Gasteiger partial charge on any atom is -0.362 e. The average molecular weight is 227 g/mol. The third-order valence-electron chi connectivity index (χ3n) is 2.29. The van der Waals surface area contributed by atoms with Crippen LogP contribution in [0, 0.1) is 0 Å². The van der Waals surface area contributed by atoms with Crippen molar-refractivity contribution >= 4 is 17.0 Å². The zero-order chi connectivity index (χ0) is 11.5. The molecule has 0 amide bonds. The maximum Gasteiger partial charge on any atom is 0.182 e. The summed E-state index contributed by atoms with van der Waals surface area (Å²) in [5.41, 5.74) is 2.27. The number of imidazole rings is 1. The minimum absolute atomic E-state index is 0.555. The molecule has 0 saturated carbocycles. The Hall–Kier alpha value is -2.57. The Bertz CT molecular complexity index is 619. The second-order valence-corrected chi connectivity index (χ2v) is 3.39. The number of H-pyrrole nitrogens is 1. The number of aromatic amines is 1. The second kappa shape index (κ2) is 4.12. The van der Waals surface area contributed by atoms with Gasteiger partial charge in [-0.2, -0.15) is 10.2 Å². The number of fused-ring (bicyclic) bond motifs is 1. The monoisotopic (exact) mass is 227 g/mol. The predicted molar refractivity (Wildman–Crippen MR) is 61.0 cm³/mol. The SMILES string of the molecule is c1cnnc(CNc2ncnc3nc[nH]c23)c1. The zero-order valence-electron chi connectivity index (χ0n) is 8.83. The van der Waals surface area contributed by atoms with Crippen molar-refractivity contribution in [3.8, 4) is 0 Å². The Morgan fingerprint density at radius 2 is 2.24 bits per heavy atom. The Morgan fingerprint density at radius 1 is 1.24 bits per heavy atom. The van der Waals surface area contributed by atoms with Crippen molar-refractivity contribution < 1.29 is 0 Å². The van der Waals surface area contributed by atoms with E-state index < -0.39 is 0 Å². The number of aromatic nitrogens is 6. The first kappa shape index (κ1) is 9.64. The van der Waals surface area contributed by atoms with Crippen LogP contribution in [0.3, 0.4) is 0 Å². The molecule has 0 aromatic carbocycles. The molecule has 3 aromatic rings. The number of rotatable bonds is 3. The van der Waals surface area contributed by atoms with Crippen molar-refractivity contribution in [2.45, 2.75) is 6.54 Å². The molecule has 0 fully saturated rings. The van der Waals surface area contributed by atoms with Gasteiger partial charge in [-0.15, -0.1) is 0 Å². The molecule has 0 aliphatic rings. The zero-order valence-corrected chi connectivity index (χ0v) is 8.83. The van der Waals surface area contributed by atoms with Gasteiger partial charge in [0.05, 0.1) is 18.6 Å². The highest BCUT2D eigenvalue weighted by molar-refractivity contribution is 5.81. The fraction of sp³-hybridized carbons (Fsp3) is 0.100. The molecule has 3 aromatic heterocycles. The van der Waals surface area contributed by atoms with Gasteiger partial charge in [0.15, 0.2) is 11.5 Å². The van der Waals surface area contributed by atoms with E-state index in [-0.39, 0.29) is 0 Å². The fourth-order valence-corrected chi connectivity index (χ4v) is 1.50. The maximum atomic E-state index is 4.15. The van der Waals surface area contributed by atoms with E-state index >= 15 is 0 Å². The Morgan fingerprint density at radius 3 is 3.12 bits per heavy atom. The van der Waals surface area contributed by atoms with Crippen LogP contribution in [0.1, 0.15) is 5.69 Å². The van der Waals surface area contributed by atoms with Crippen LogP contribution in [-0.4, -0.2) is 30.1 Å². The Kier molecular flexibility index (Phi) is 2.34. The first-order chi connectivity index (χ1) is 8.43. The van der Waals surface area contributed by atoms with Crippen LogP contribution in [-0.2, 0) is 6.54 Å². The molecule has 0 spiro atoms. The van der Waals surface area contributed by atoms with Crippen molar-refractivity contribution in [1.29, 1.82) is 0 Å². The van der Waals surface area contributed by atoms with Crippen LogP contribution >= 0.6 is 0 Å². The average Bonchev–Trinajstić information content (AvgIpc) is 2.86. The highest BCUT2D eigenvalue weighted by Gasteiger charge is 2.05. The van der Waals surface area contributed by atoms with Crippen LogP contribution in [0.2, 0.25) is 0 Å². The van der Waals surface area contributed by atoms with E-state index in [2.05, 4.69) is 35.5 Å². The molecule has 3 heterocycles. The Balaban J connectivity index is 1.84. The molecular weight excluding hydrogens is 218 g/mol. The summed E-state index contributed by atoms with van der Waals surface area (Å²) in [5.74, 6) is 0.707. The van der Waals surface area contributed by atoms with Gasteiger partial charge in [-0.3, -0.25) is 0 Å². The number of hydrogen-bond donors (Lipinski definition) is 2. The molecule has 3 rings (SSSR count). The lowest BCUT2D eigenvalue weighted by atomic mass is 10.4. The van der Waals surface area contributed by atoms with Gasteiger partial charge < -0.3 is 10.3 Å². The molecule has 7 heteroatoms. The van der Waals surface area contributed by atoms with Crippen LogP contribution in [0.25, 0.3) is 11.2 Å². The third-order valence-corrected chi connectivity index (χ3v) is 2.29. The molecule has 0 aliphatic carbocycles. The molecule has 17 heavy (non-hydrogen) atoms. The van der Waals surface area contributed by atoms with Gasteiger partial charge in [0.1, 0.15) is 11.8 Å². The van der Waals surface area contributed by atoms with Crippen molar-refractivity contribution in [2.75, 3.05) is 5.32 Å². The van der Waals surface area contributed by atoms with Crippen molar-refractivity contribution in [3.63, 3.8) is 0 Å². The fourth-order valence-electron chi connectivity index (χ4n) is 1.50. The van der Waals surface area contributed by atoms with E-state index in [1.807, 2.05) is 12.1 Å². The summed E-state index contributed by atoms with van der Waals surface area (Å²) in [6, 6.07) is 3.74. The lowest BCUT2D eigenvalue weighted by molar-refractivity contribution is 0.920. The van der Waals surface area contributed by atoms with Crippen molar-refractivity contribution in [3.05, 3.63) is 36.7 Å². The number of anilines is 1. The number of hydrogen-bond acceptors (Lipinski definition) is 6. The molecule has 0 radical (unpaired) electrons. The molecule has 7 nitrogen and oxygen atoms in total. The summed E-state index contributed by atoms with van der Waals surface area (Å²) in [5, 5.41) is 11.0. The first-order valence-electron chi connectivity index (χ1n) is 5.08. The summed E-state index contributed by atoms with van der Waals surface area (Å²) >= 11 is 0. The summed E-state index contributed by atoms with van der Waals surface area (Å²) in [6.45, 7) is 0.555. The second-order valence-electron chi connectivity index (χ2n) is 3.39. The summed E-state index contributed by atoms with van der Waals surface area (Å²) < 4.78 is 0. The number of nitrogens with one attached hydrogen (secondary N) is 2. The molecule has 0 unspecified atom stereocenters. The van der Waals surface area contributed by atoms with E-state index in [9.17, 15) is 0 Å². The predicted octanol–water partition coefficient (Wildman–Crippen LogP) is 0.755. The Labute approximate surface area is 96.4 Å². The molecule has 84 valence electrons. The molecule has 0 bridgehead atoms. The largest absolute Gasteiger partial charge is 0.362 e. The van der Waals surface area contributed by atoms with Gasteiger partial charge in [-0.25, -0.2) is 15.0 Å². The van der Waals surface area contributed by atoms with E-state index in [0.29, 0.717) is 18.0 Å². The lowest BCUT2D eigenvalue weighted by Gasteiger charge is -2.04. The molecule has 2 N–H and O–H groups in total. The highest BCUT2D eigenvalue weighted by atomic mass is 15.1. The topological polar surface area (TPSA) is 92.3 Å². The quantitative estimate of drug-likeness (QED) is 0.686. The third kappa shape index (κ3) is 1.89. The smallest absolute Gasteiger partial charge is 0.182 e. The number of nitrogens with zero attached hydrogens (tertiary/aromatic N) is 5. The maximum absolute atomic E-state index is 4.15. The van der Waals surface area contributed by atoms with Crippen LogP contribution in [0.4, 0.5) is 5.82 Å². The standard InChI is InChI=1S/C10H9N7/c1-2-7(17-16-3-1)4-11-9-8-10(13-5-12-8)15-6-14-9/h1-3,5-6H,4H2,(H2,11,12,13,14,15). The van der Waals surface area contributed by atoms with Crippen LogP contribution in [0.15, 0.2) is 31.0 Å². The first-order valence-corrected chi connectivity index (χ1v) is 5.08. The molecule has 0 aliphatic heterocycles. The van der Waals surface area contributed by atoms with Gasteiger partial charge in [0, 0.05) is 6.20 Å². The summed E-state index contributed by atoms with van der Waals surface area (Å²) in [4.78, 5) is 15.2. The molecular formula is C10H9N7. The van der Waals surface area contributed by atoms with Gasteiger partial charge in [0.25, 0.3) is 0 Å². The van der Waals surface area contributed by atoms with Crippen LogP contribution < -0.4 is 5.32 Å². The van der Waals surface area contributed by atoms with Gasteiger partial charge in [0.2, 0.25) is 0 Å². The summed E-state index contributed by atoms with van der Waals surface area (Å²) in [6.07, 6.45) is 4.70. The highest BCUT2D eigenvalue weighted by Crippen LogP contribution is 2.14. The van der Waals surface area contributed by atoms with E-state index in [4.69, 9.17) is 0 Å². The van der Waals surface area contributed by atoms with Gasteiger partial charge in [-0.1, -0.05) is 0 Å². The van der Waals surface area contributed by atoms with E-state index in [1.165, 1.54) is 6.33 Å². The van der Waals surface area contributed by atoms with Gasteiger partial charge >= 0.3 is 0 Å². The minimum atomic E-state index is 0.555. The van der Waals surface area contributed by atoms with Gasteiger partial charge in [-0.05, 0) is 12.1 Å². The molecule has 0 saturated heterocycles. The van der Waals surface area contributed by atoms with Crippen molar-refractivity contribution in [1.82, 2.24) is 30.1 Å². The lowest BCUT2D eigenvalue weighted by Crippen LogP contribution is -2.04.